The number of nitrogens with zero attached hydrogens (tertiary/aromatic N) is 1. The molecule has 24 heavy (non-hydrogen) atoms. The fourth-order valence-electron chi connectivity index (χ4n) is 4.27. The summed E-state index contributed by atoms with van der Waals surface area (Å²) >= 11 is 0. The molecule has 4 aliphatic rings. The Kier molecular flexibility index (Phi) is 2.84. The molecule has 5 rings (SSSR count). The first-order valence-corrected chi connectivity index (χ1v) is 8.17. The molecule has 2 amide bonds. The van der Waals surface area contributed by atoms with Gasteiger partial charge >= 0.3 is 0 Å². The Morgan fingerprint density at radius 1 is 1.08 bits per heavy atom. The fraction of sp³-hybridized carbons (Fsp3) is 0.444. The Morgan fingerprint density at radius 3 is 2.50 bits per heavy atom. The third-order valence-electron chi connectivity index (χ3n) is 5.36. The van der Waals surface area contributed by atoms with Crippen molar-refractivity contribution in [3.8, 4) is 0 Å². The van der Waals surface area contributed by atoms with Crippen LogP contribution in [-0.2, 0) is 23.8 Å². The molecule has 124 valence electrons. The zero-order chi connectivity index (χ0) is 16.5. The number of rotatable bonds is 2. The van der Waals surface area contributed by atoms with Gasteiger partial charge in [0.1, 0.15) is 0 Å². The molecule has 6 heteroatoms. The highest BCUT2D eigenvalue weighted by molar-refractivity contribution is 6.23. The van der Waals surface area contributed by atoms with Crippen molar-refractivity contribution < 1.29 is 23.8 Å². The first-order valence-electron chi connectivity index (χ1n) is 8.17. The van der Waals surface area contributed by atoms with Crippen molar-refractivity contribution in [2.24, 2.45) is 11.8 Å². The van der Waals surface area contributed by atoms with Gasteiger partial charge in [-0.1, -0.05) is 23.8 Å². The molecule has 6 nitrogen and oxygen atoms in total. The summed E-state index contributed by atoms with van der Waals surface area (Å²) in [7, 11) is 0. The number of imide groups is 1. The highest BCUT2D eigenvalue weighted by Gasteiger charge is 2.71. The maximum absolute atomic E-state index is 13.1. The predicted molar refractivity (Wildman–Crippen MR) is 83.1 cm³/mol. The largest absolute Gasteiger partial charge is 0.357 e. The summed E-state index contributed by atoms with van der Waals surface area (Å²) in [5.41, 5.74) is 0.693. The number of hydrogen-bond acceptors (Lipinski definition) is 5. The summed E-state index contributed by atoms with van der Waals surface area (Å²) in [6, 6.07) is 7.40. The van der Waals surface area contributed by atoms with Gasteiger partial charge in [0, 0.05) is 0 Å². The van der Waals surface area contributed by atoms with E-state index in [-0.39, 0.29) is 11.8 Å². The Labute approximate surface area is 139 Å². The molecule has 0 aromatic heterocycles. The minimum atomic E-state index is -0.988. The van der Waals surface area contributed by atoms with Gasteiger partial charge in [0.25, 0.3) is 0 Å². The zero-order valence-electron chi connectivity index (χ0n) is 13.2. The Bertz CT molecular complexity index is 751. The highest BCUT2D eigenvalue weighted by atomic mass is 16.7. The molecule has 4 atom stereocenters. The van der Waals surface area contributed by atoms with E-state index in [0.29, 0.717) is 18.9 Å². The molecule has 4 heterocycles. The van der Waals surface area contributed by atoms with Crippen LogP contribution in [-0.4, -0.2) is 43.0 Å². The summed E-state index contributed by atoms with van der Waals surface area (Å²) in [5, 5.41) is 0. The SMILES string of the molecule is Cc1ccc(N2C(=O)[C@H]3[C@H]4C=C[C@@](C5OCCO5)(O4)[C@H]3C2=O)cc1. The van der Waals surface area contributed by atoms with Gasteiger partial charge in [0.15, 0.2) is 11.9 Å². The fourth-order valence-corrected chi connectivity index (χ4v) is 4.27. The third kappa shape index (κ3) is 1.65. The molecule has 3 saturated heterocycles. The van der Waals surface area contributed by atoms with Crippen LogP contribution in [0.4, 0.5) is 5.69 Å². The molecule has 0 N–H and O–H groups in total. The van der Waals surface area contributed by atoms with E-state index in [1.807, 2.05) is 31.2 Å². The van der Waals surface area contributed by atoms with Gasteiger partial charge in [-0.15, -0.1) is 0 Å². The van der Waals surface area contributed by atoms with Crippen molar-refractivity contribution in [2.75, 3.05) is 18.1 Å². The summed E-state index contributed by atoms with van der Waals surface area (Å²) in [6.45, 7) is 2.90. The first-order chi connectivity index (χ1) is 11.6. The van der Waals surface area contributed by atoms with E-state index in [1.54, 1.807) is 12.1 Å². The lowest BCUT2D eigenvalue weighted by Gasteiger charge is -2.32. The number of benzene rings is 1. The van der Waals surface area contributed by atoms with Crippen molar-refractivity contribution >= 4 is 17.5 Å². The average molecular weight is 327 g/mol. The highest BCUT2D eigenvalue weighted by Crippen LogP contribution is 2.55. The number of ether oxygens (including phenoxy) is 3. The summed E-state index contributed by atoms with van der Waals surface area (Å²) in [4.78, 5) is 27.3. The number of carbonyl (C=O) groups is 2. The van der Waals surface area contributed by atoms with Gasteiger partial charge in [-0.25, -0.2) is 4.90 Å². The lowest BCUT2D eigenvalue weighted by molar-refractivity contribution is -0.180. The number of amides is 2. The lowest BCUT2D eigenvalue weighted by atomic mass is 9.76. The van der Waals surface area contributed by atoms with Crippen LogP contribution in [0.1, 0.15) is 5.56 Å². The Morgan fingerprint density at radius 2 is 1.79 bits per heavy atom. The van der Waals surface area contributed by atoms with Crippen LogP contribution in [0.3, 0.4) is 0 Å². The van der Waals surface area contributed by atoms with Gasteiger partial charge in [-0.05, 0) is 25.1 Å². The number of hydrogen-bond donors (Lipinski definition) is 0. The maximum atomic E-state index is 13.1. The molecule has 0 spiro atoms. The van der Waals surface area contributed by atoms with Crippen LogP contribution < -0.4 is 4.90 Å². The van der Waals surface area contributed by atoms with Gasteiger partial charge in [-0.3, -0.25) is 9.59 Å². The molecule has 2 bridgehead atoms. The van der Waals surface area contributed by atoms with Crippen molar-refractivity contribution in [2.45, 2.75) is 24.9 Å². The van der Waals surface area contributed by atoms with Gasteiger partial charge in [-0.2, -0.15) is 0 Å². The van der Waals surface area contributed by atoms with Crippen LogP contribution in [0.2, 0.25) is 0 Å². The molecule has 0 aliphatic carbocycles. The van der Waals surface area contributed by atoms with E-state index >= 15 is 0 Å². The second-order valence-electron chi connectivity index (χ2n) is 6.72. The Hall–Kier alpha value is -2.02. The maximum Gasteiger partial charge on any atom is 0.241 e. The van der Waals surface area contributed by atoms with Crippen molar-refractivity contribution in [1.29, 1.82) is 0 Å². The van der Waals surface area contributed by atoms with Crippen LogP contribution in [0, 0.1) is 18.8 Å². The first kappa shape index (κ1) is 14.3. The molecule has 1 aromatic rings. The minimum absolute atomic E-state index is 0.205. The van der Waals surface area contributed by atoms with E-state index in [0.717, 1.165) is 5.56 Å². The number of anilines is 1. The van der Waals surface area contributed by atoms with Crippen LogP contribution >= 0.6 is 0 Å². The molecule has 3 fully saturated rings. The lowest BCUT2D eigenvalue weighted by Crippen LogP contribution is -2.49. The van der Waals surface area contributed by atoms with Crippen LogP contribution in [0.15, 0.2) is 36.4 Å². The summed E-state index contributed by atoms with van der Waals surface area (Å²) in [5.74, 6) is -1.54. The van der Waals surface area contributed by atoms with Gasteiger partial charge in [0.2, 0.25) is 11.8 Å². The second-order valence-corrected chi connectivity index (χ2v) is 6.72. The normalized spacial score (nSPS) is 37.7. The van der Waals surface area contributed by atoms with E-state index in [9.17, 15) is 9.59 Å². The van der Waals surface area contributed by atoms with E-state index < -0.39 is 29.8 Å². The van der Waals surface area contributed by atoms with E-state index in [2.05, 4.69) is 0 Å². The molecule has 1 aromatic carbocycles. The Balaban J connectivity index is 1.56. The molecule has 0 saturated carbocycles. The van der Waals surface area contributed by atoms with E-state index in [1.165, 1.54) is 4.90 Å². The molecule has 4 aliphatic heterocycles. The van der Waals surface area contributed by atoms with E-state index in [4.69, 9.17) is 14.2 Å². The van der Waals surface area contributed by atoms with Crippen molar-refractivity contribution in [3.63, 3.8) is 0 Å². The second kappa shape index (κ2) is 4.75. The minimum Gasteiger partial charge on any atom is -0.357 e. The number of carbonyl (C=O) groups excluding carboxylic acids is 2. The van der Waals surface area contributed by atoms with Crippen LogP contribution in [0.5, 0.6) is 0 Å². The molecule has 0 unspecified atom stereocenters. The van der Waals surface area contributed by atoms with Crippen molar-refractivity contribution in [1.82, 2.24) is 0 Å². The average Bonchev–Trinajstić information content (AvgIpc) is 3.33. The summed E-state index contributed by atoms with van der Waals surface area (Å²) < 4.78 is 17.3. The standard InChI is InChI=1S/C18H17NO5/c1-10-2-4-11(5-3-10)19-15(20)13-12-6-7-18(24-12,14(13)16(19)21)17-22-8-9-23-17/h2-7,12-14,17H,8-9H2,1H3/t12-,13+,14-,18-/m1/s1. The molecular formula is C18H17NO5. The van der Waals surface area contributed by atoms with Crippen molar-refractivity contribution in [3.05, 3.63) is 42.0 Å². The molecular weight excluding hydrogens is 310 g/mol. The number of fused-ring (bicyclic) bond motifs is 5. The quantitative estimate of drug-likeness (QED) is 0.603. The molecule has 0 radical (unpaired) electrons. The topological polar surface area (TPSA) is 65.1 Å². The number of aryl methyl sites for hydroxylation is 1. The van der Waals surface area contributed by atoms with Gasteiger partial charge in [0.05, 0.1) is 36.8 Å². The summed E-state index contributed by atoms with van der Waals surface area (Å²) in [6.07, 6.45) is 2.67. The zero-order valence-corrected chi connectivity index (χ0v) is 13.2. The third-order valence-corrected chi connectivity index (χ3v) is 5.36. The predicted octanol–water partition coefficient (Wildman–Crippen LogP) is 1.18. The van der Waals surface area contributed by atoms with Crippen LogP contribution in [0.25, 0.3) is 0 Å². The smallest absolute Gasteiger partial charge is 0.241 e. The monoisotopic (exact) mass is 327 g/mol. The van der Waals surface area contributed by atoms with Gasteiger partial charge < -0.3 is 14.2 Å².